The van der Waals surface area contributed by atoms with Gasteiger partial charge in [-0.25, -0.2) is 4.79 Å². The fraction of sp³-hybridized carbons (Fsp3) is 0.133. The number of halogens is 1. The summed E-state index contributed by atoms with van der Waals surface area (Å²) in [7, 11) is 0. The molecule has 2 rings (SSSR count). The number of benzene rings is 1. The number of hydrogen-bond donors (Lipinski definition) is 2. The molecule has 0 aliphatic carbocycles. The van der Waals surface area contributed by atoms with E-state index in [1.54, 1.807) is 0 Å². The van der Waals surface area contributed by atoms with Crippen LogP contribution in [0.5, 0.6) is 0 Å². The summed E-state index contributed by atoms with van der Waals surface area (Å²) >= 11 is 0. The van der Waals surface area contributed by atoms with E-state index in [1.807, 2.05) is 43.3 Å². The third-order valence-corrected chi connectivity index (χ3v) is 2.76. The van der Waals surface area contributed by atoms with Gasteiger partial charge < -0.3 is 17.5 Å². The van der Waals surface area contributed by atoms with E-state index in [0.717, 1.165) is 16.8 Å². The zero-order valence-corrected chi connectivity index (χ0v) is 12.1. The normalized spacial score (nSPS) is 9.19. The lowest BCUT2D eigenvalue weighted by atomic mass is 10.1. The van der Waals surface area contributed by atoms with Gasteiger partial charge in [0.25, 0.3) is 5.82 Å². The second-order valence-corrected chi connectivity index (χ2v) is 4.23. The summed E-state index contributed by atoms with van der Waals surface area (Å²) in [4.78, 5) is 10.4. The SMILES string of the molecule is Cc1cc(-c2ccccc2)n[n+](CC#CC(=O)O)c1N.[Cl-]. The van der Waals surface area contributed by atoms with Crippen molar-refractivity contribution in [2.24, 2.45) is 0 Å². The van der Waals surface area contributed by atoms with Crippen molar-refractivity contribution < 1.29 is 27.0 Å². The minimum atomic E-state index is -1.17. The molecular weight excluding hydrogens is 290 g/mol. The molecule has 5 nitrogen and oxygen atoms in total. The third kappa shape index (κ3) is 4.20. The largest absolute Gasteiger partial charge is 1.00 e. The van der Waals surface area contributed by atoms with Gasteiger partial charge in [-0.1, -0.05) is 35.4 Å². The average molecular weight is 304 g/mol. The number of anilines is 1. The van der Waals surface area contributed by atoms with E-state index in [2.05, 4.69) is 16.9 Å². The van der Waals surface area contributed by atoms with E-state index >= 15 is 0 Å². The molecule has 0 saturated carbocycles. The molecule has 0 spiro atoms. The molecule has 0 amide bonds. The fourth-order valence-corrected chi connectivity index (χ4v) is 1.76. The molecular formula is C15H14ClN3O2. The number of nitrogens with two attached hydrogens (primary N) is 1. The number of aliphatic carboxylic acids is 1. The lowest BCUT2D eigenvalue weighted by Gasteiger charge is -2.05. The van der Waals surface area contributed by atoms with E-state index in [1.165, 1.54) is 4.68 Å². The Balaban J connectivity index is 0.00000220. The highest BCUT2D eigenvalue weighted by molar-refractivity contribution is 5.86. The first-order valence-electron chi connectivity index (χ1n) is 6.02. The van der Waals surface area contributed by atoms with Crippen molar-refractivity contribution in [3.63, 3.8) is 0 Å². The first-order valence-corrected chi connectivity index (χ1v) is 6.02. The Labute approximate surface area is 128 Å². The molecule has 0 atom stereocenters. The zero-order chi connectivity index (χ0) is 14.5. The van der Waals surface area contributed by atoms with Gasteiger partial charge in [0.2, 0.25) is 0 Å². The highest BCUT2D eigenvalue weighted by atomic mass is 35.5. The minimum absolute atomic E-state index is 0. The Bertz CT molecular complexity index is 706. The molecule has 2 aromatic rings. The summed E-state index contributed by atoms with van der Waals surface area (Å²) in [5.74, 6) is 3.88. The van der Waals surface area contributed by atoms with Crippen molar-refractivity contribution in [1.82, 2.24) is 5.10 Å². The van der Waals surface area contributed by atoms with Crippen LogP contribution in [0, 0.1) is 18.8 Å². The van der Waals surface area contributed by atoms with Crippen LogP contribution in [-0.2, 0) is 11.3 Å². The van der Waals surface area contributed by atoms with Gasteiger partial charge in [0.1, 0.15) is 5.69 Å². The van der Waals surface area contributed by atoms with E-state index in [-0.39, 0.29) is 19.0 Å². The van der Waals surface area contributed by atoms with Crippen molar-refractivity contribution in [2.75, 3.05) is 5.73 Å². The van der Waals surface area contributed by atoms with Gasteiger partial charge in [-0.2, -0.15) is 0 Å². The number of aryl methyl sites for hydroxylation is 1. The van der Waals surface area contributed by atoms with Crippen LogP contribution in [0.3, 0.4) is 0 Å². The molecule has 0 aliphatic heterocycles. The number of nitrogens with zero attached hydrogens (tertiary/aromatic N) is 2. The number of carboxylic acid groups (broad SMARTS) is 1. The molecule has 21 heavy (non-hydrogen) atoms. The van der Waals surface area contributed by atoms with Gasteiger partial charge in [0.05, 0.1) is 0 Å². The second kappa shape index (κ2) is 7.27. The average Bonchev–Trinajstić information content (AvgIpc) is 2.44. The zero-order valence-electron chi connectivity index (χ0n) is 11.4. The number of carbonyl (C=O) groups is 1. The van der Waals surface area contributed by atoms with Crippen LogP contribution in [-0.4, -0.2) is 16.2 Å². The molecule has 1 aromatic heterocycles. The highest BCUT2D eigenvalue weighted by Crippen LogP contribution is 2.17. The smallest absolute Gasteiger partial charge is 0.382 e. The van der Waals surface area contributed by atoms with Crippen molar-refractivity contribution >= 4 is 11.8 Å². The van der Waals surface area contributed by atoms with E-state index in [9.17, 15) is 4.79 Å². The first kappa shape index (κ1) is 16.5. The standard InChI is InChI=1S/C15H13N3O2.ClH/c1-11-10-13(12-6-3-2-4-7-12)17-18(15(11)16)9-5-8-14(19)20;/h2-4,6-7,10,16H,9H2,1H3,(H,19,20);1H. The number of aromatic nitrogens is 2. The monoisotopic (exact) mass is 303 g/mol. The lowest BCUT2D eigenvalue weighted by Crippen LogP contribution is -3.00. The maximum Gasteiger partial charge on any atom is 0.382 e. The summed E-state index contributed by atoms with van der Waals surface area (Å²) in [5.41, 5.74) is 8.54. The molecule has 3 N–H and O–H groups in total. The quantitative estimate of drug-likeness (QED) is 0.498. The molecule has 6 heteroatoms. The van der Waals surface area contributed by atoms with Crippen LogP contribution in [0.2, 0.25) is 0 Å². The fourth-order valence-electron chi connectivity index (χ4n) is 1.76. The molecule has 0 bridgehead atoms. The Morgan fingerprint density at radius 2 is 2.05 bits per heavy atom. The Morgan fingerprint density at radius 1 is 1.38 bits per heavy atom. The number of nitrogen functional groups attached to an aromatic ring is 1. The molecule has 1 heterocycles. The molecule has 0 radical (unpaired) electrons. The van der Waals surface area contributed by atoms with E-state index in [4.69, 9.17) is 10.8 Å². The third-order valence-electron chi connectivity index (χ3n) is 2.76. The highest BCUT2D eigenvalue weighted by Gasteiger charge is 2.12. The van der Waals surface area contributed by atoms with Crippen molar-refractivity contribution in [3.05, 3.63) is 42.0 Å². The molecule has 0 saturated heterocycles. The van der Waals surface area contributed by atoms with Crippen LogP contribution < -0.4 is 22.8 Å². The van der Waals surface area contributed by atoms with E-state index in [0.29, 0.717) is 5.82 Å². The molecule has 1 aromatic carbocycles. The number of hydrogen-bond acceptors (Lipinski definition) is 3. The van der Waals surface area contributed by atoms with Crippen LogP contribution >= 0.6 is 0 Å². The minimum Gasteiger partial charge on any atom is -1.00 e. The van der Waals surface area contributed by atoms with Gasteiger partial charge in [-0.15, -0.1) is 4.68 Å². The summed E-state index contributed by atoms with van der Waals surface area (Å²) < 4.78 is 1.51. The molecule has 0 fully saturated rings. The van der Waals surface area contributed by atoms with Gasteiger partial charge in [-0.05, 0) is 18.9 Å². The summed E-state index contributed by atoms with van der Waals surface area (Å²) in [5, 5.41) is 12.9. The van der Waals surface area contributed by atoms with Gasteiger partial charge >= 0.3 is 5.97 Å². The predicted molar refractivity (Wildman–Crippen MR) is 74.4 cm³/mol. The van der Waals surface area contributed by atoms with Crippen LogP contribution in [0.1, 0.15) is 5.56 Å². The topological polar surface area (TPSA) is 80.1 Å². The van der Waals surface area contributed by atoms with Crippen LogP contribution in [0.15, 0.2) is 36.4 Å². The number of carboxylic acids is 1. The van der Waals surface area contributed by atoms with Crippen LogP contribution in [0.25, 0.3) is 11.3 Å². The van der Waals surface area contributed by atoms with Gasteiger partial charge in [0.15, 0.2) is 6.54 Å². The maximum absolute atomic E-state index is 10.4. The maximum atomic E-state index is 10.4. The van der Waals surface area contributed by atoms with Crippen molar-refractivity contribution in [2.45, 2.75) is 13.5 Å². The Hall–Kier alpha value is -2.58. The summed E-state index contributed by atoms with van der Waals surface area (Å²) in [6.07, 6.45) is 0. The van der Waals surface area contributed by atoms with Gasteiger partial charge in [-0.3, -0.25) is 5.73 Å². The lowest BCUT2D eigenvalue weighted by molar-refractivity contribution is -0.728. The Kier molecular flexibility index (Phi) is 5.70. The first-order chi connectivity index (χ1) is 9.58. The van der Waals surface area contributed by atoms with Crippen LogP contribution in [0.4, 0.5) is 5.82 Å². The molecule has 108 valence electrons. The predicted octanol–water partition coefficient (Wildman–Crippen LogP) is -1.98. The van der Waals surface area contributed by atoms with Crippen molar-refractivity contribution in [1.29, 1.82) is 0 Å². The second-order valence-electron chi connectivity index (χ2n) is 4.23. The van der Waals surface area contributed by atoms with Gasteiger partial charge in [0, 0.05) is 17.0 Å². The van der Waals surface area contributed by atoms with Crippen molar-refractivity contribution in [3.8, 4) is 23.1 Å². The summed E-state index contributed by atoms with van der Waals surface area (Å²) in [6.45, 7) is 2.02. The summed E-state index contributed by atoms with van der Waals surface area (Å²) in [6, 6.07) is 11.6. The molecule has 0 aliphatic rings. The van der Waals surface area contributed by atoms with E-state index < -0.39 is 5.97 Å². The molecule has 0 unspecified atom stereocenters. The Morgan fingerprint density at radius 3 is 2.67 bits per heavy atom. The number of rotatable bonds is 2.